The summed E-state index contributed by atoms with van der Waals surface area (Å²) in [6.07, 6.45) is -0.783. The highest BCUT2D eigenvalue weighted by atomic mass is 19.3. The molecule has 0 radical (unpaired) electrons. The highest BCUT2D eigenvalue weighted by Gasteiger charge is 2.38. The Bertz CT molecular complexity index is 759. The predicted molar refractivity (Wildman–Crippen MR) is 81.7 cm³/mol. The number of pyridine rings is 1. The number of hydrogen-bond donors (Lipinski definition) is 0. The van der Waals surface area contributed by atoms with Crippen molar-refractivity contribution in [3.05, 3.63) is 70.1 Å². The van der Waals surface area contributed by atoms with E-state index >= 15 is 0 Å². The number of carbonyl (C=O) groups excluding carboxylic acids is 1. The number of likely N-dealkylation sites (tertiary alicyclic amines) is 1. The maximum absolute atomic E-state index is 12.8. The van der Waals surface area contributed by atoms with E-state index in [1.807, 2.05) is 30.3 Å². The van der Waals surface area contributed by atoms with Crippen molar-refractivity contribution < 1.29 is 13.6 Å². The van der Waals surface area contributed by atoms with Crippen molar-refractivity contribution >= 4 is 5.91 Å². The number of benzene rings is 1. The van der Waals surface area contributed by atoms with Crippen molar-refractivity contribution in [2.75, 3.05) is 6.54 Å². The zero-order valence-electron chi connectivity index (χ0n) is 12.4. The fourth-order valence-electron chi connectivity index (χ4n) is 2.65. The molecule has 2 aromatic rings. The van der Waals surface area contributed by atoms with Crippen LogP contribution in [0.4, 0.5) is 8.78 Å². The Kier molecular flexibility index (Phi) is 4.23. The maximum Gasteiger partial charge on any atom is 0.258 e. The first kappa shape index (κ1) is 15.4. The van der Waals surface area contributed by atoms with Gasteiger partial charge in [0.15, 0.2) is 0 Å². The minimum Gasteiger partial charge on any atom is -0.330 e. The molecule has 0 spiro atoms. The Labute approximate surface area is 132 Å². The molecule has 1 fully saturated rings. The fourth-order valence-corrected chi connectivity index (χ4v) is 2.65. The van der Waals surface area contributed by atoms with E-state index in [0.29, 0.717) is 19.5 Å². The molecule has 1 aromatic heterocycles. The van der Waals surface area contributed by atoms with Crippen LogP contribution in [-0.2, 0) is 6.54 Å². The Morgan fingerprint density at radius 2 is 1.91 bits per heavy atom. The van der Waals surface area contributed by atoms with Gasteiger partial charge in [-0.3, -0.25) is 9.59 Å². The van der Waals surface area contributed by atoms with Crippen LogP contribution in [-0.4, -0.2) is 34.4 Å². The van der Waals surface area contributed by atoms with Crippen molar-refractivity contribution in [2.24, 2.45) is 0 Å². The molecule has 23 heavy (non-hydrogen) atoms. The molecule has 6 heteroatoms. The van der Waals surface area contributed by atoms with Crippen molar-refractivity contribution in [1.29, 1.82) is 0 Å². The molecule has 1 saturated heterocycles. The molecule has 2 heterocycles. The molecule has 0 N–H and O–H groups in total. The summed E-state index contributed by atoms with van der Waals surface area (Å²) in [7, 11) is 0. The summed E-state index contributed by atoms with van der Waals surface area (Å²) in [6, 6.07) is 11.0. The molecule has 1 atom stereocenters. The van der Waals surface area contributed by atoms with Crippen LogP contribution in [0.1, 0.15) is 22.3 Å². The van der Waals surface area contributed by atoms with Crippen LogP contribution < -0.4 is 5.56 Å². The van der Waals surface area contributed by atoms with E-state index in [-0.39, 0.29) is 11.1 Å². The normalized spacial score (nSPS) is 17.2. The zero-order chi connectivity index (χ0) is 16.4. The largest absolute Gasteiger partial charge is 0.330 e. The average Bonchev–Trinajstić information content (AvgIpc) is 2.48. The third-order valence-corrected chi connectivity index (χ3v) is 4.04. The van der Waals surface area contributed by atoms with Crippen molar-refractivity contribution in [2.45, 2.75) is 25.4 Å². The van der Waals surface area contributed by atoms with Crippen LogP contribution >= 0.6 is 0 Å². The number of nitrogens with zero attached hydrogens (tertiary/aromatic N) is 2. The number of alkyl halides is 2. The highest BCUT2D eigenvalue weighted by molar-refractivity contribution is 5.94. The number of aromatic nitrogens is 1. The standard InChI is InChI=1S/C17H16F2N2O2/c18-16(19)14-8-9-21(14)17(23)13-6-7-15(22)20(11-13)10-12-4-2-1-3-5-12/h1-7,11,14,16H,8-10H2. The van der Waals surface area contributed by atoms with E-state index in [4.69, 9.17) is 0 Å². The first-order valence-corrected chi connectivity index (χ1v) is 7.40. The van der Waals surface area contributed by atoms with Gasteiger partial charge in [0.2, 0.25) is 0 Å². The summed E-state index contributed by atoms with van der Waals surface area (Å²) in [5, 5.41) is 0. The average molecular weight is 318 g/mol. The van der Waals surface area contributed by atoms with E-state index in [2.05, 4.69) is 0 Å². The molecular weight excluding hydrogens is 302 g/mol. The number of hydrogen-bond acceptors (Lipinski definition) is 2. The van der Waals surface area contributed by atoms with Crippen LogP contribution in [0.5, 0.6) is 0 Å². The topological polar surface area (TPSA) is 42.3 Å². The molecule has 3 rings (SSSR count). The summed E-state index contributed by atoms with van der Waals surface area (Å²) in [6.45, 7) is 0.657. The van der Waals surface area contributed by atoms with Gasteiger partial charge in [0.25, 0.3) is 17.9 Å². The minimum atomic E-state index is -2.54. The van der Waals surface area contributed by atoms with Crippen LogP contribution in [0.25, 0.3) is 0 Å². The molecule has 1 aliphatic rings. The van der Waals surface area contributed by atoms with Gasteiger partial charge in [-0.25, -0.2) is 8.78 Å². The van der Waals surface area contributed by atoms with E-state index < -0.39 is 18.4 Å². The van der Waals surface area contributed by atoms with Crippen molar-refractivity contribution in [1.82, 2.24) is 9.47 Å². The predicted octanol–water partition coefficient (Wildman–Crippen LogP) is 2.38. The first-order chi connectivity index (χ1) is 11.1. The molecular formula is C17H16F2N2O2. The fraction of sp³-hybridized carbons (Fsp3) is 0.294. The van der Waals surface area contributed by atoms with Crippen LogP contribution in [0.15, 0.2) is 53.5 Å². The molecule has 120 valence electrons. The monoisotopic (exact) mass is 318 g/mol. The van der Waals surface area contributed by atoms with Gasteiger partial charge in [-0.05, 0) is 18.1 Å². The molecule has 1 aliphatic heterocycles. The van der Waals surface area contributed by atoms with Crippen molar-refractivity contribution in [3.63, 3.8) is 0 Å². The lowest BCUT2D eigenvalue weighted by molar-refractivity contribution is -0.0219. The number of carbonyl (C=O) groups is 1. The number of halogens is 2. The second-order valence-corrected chi connectivity index (χ2v) is 5.56. The third-order valence-electron chi connectivity index (χ3n) is 4.04. The van der Waals surface area contributed by atoms with Gasteiger partial charge in [0.1, 0.15) is 0 Å². The Balaban J connectivity index is 1.83. The van der Waals surface area contributed by atoms with Gasteiger partial charge >= 0.3 is 0 Å². The van der Waals surface area contributed by atoms with E-state index in [9.17, 15) is 18.4 Å². The lowest BCUT2D eigenvalue weighted by Crippen LogP contribution is -2.54. The first-order valence-electron chi connectivity index (χ1n) is 7.40. The smallest absolute Gasteiger partial charge is 0.258 e. The van der Waals surface area contributed by atoms with Crippen LogP contribution in [0, 0.1) is 0 Å². The molecule has 1 amide bonds. The molecule has 0 bridgehead atoms. The van der Waals surface area contributed by atoms with Crippen LogP contribution in [0.2, 0.25) is 0 Å². The van der Waals surface area contributed by atoms with Gasteiger partial charge in [0, 0.05) is 18.8 Å². The number of amides is 1. The Morgan fingerprint density at radius 3 is 2.52 bits per heavy atom. The second kappa shape index (κ2) is 6.32. The van der Waals surface area contributed by atoms with Gasteiger partial charge in [0.05, 0.1) is 18.2 Å². The second-order valence-electron chi connectivity index (χ2n) is 5.56. The van der Waals surface area contributed by atoms with E-state index in [1.54, 1.807) is 0 Å². The minimum absolute atomic E-state index is 0.237. The molecule has 4 nitrogen and oxygen atoms in total. The molecule has 1 aromatic carbocycles. The zero-order valence-corrected chi connectivity index (χ0v) is 12.4. The molecule has 0 aliphatic carbocycles. The Morgan fingerprint density at radius 1 is 1.17 bits per heavy atom. The quantitative estimate of drug-likeness (QED) is 0.868. The van der Waals surface area contributed by atoms with Gasteiger partial charge in [-0.1, -0.05) is 30.3 Å². The van der Waals surface area contributed by atoms with Crippen LogP contribution in [0.3, 0.4) is 0 Å². The molecule has 1 unspecified atom stereocenters. The van der Waals surface area contributed by atoms with Gasteiger partial charge in [-0.2, -0.15) is 0 Å². The van der Waals surface area contributed by atoms with Crippen molar-refractivity contribution in [3.8, 4) is 0 Å². The summed E-state index contributed by atoms with van der Waals surface area (Å²) >= 11 is 0. The van der Waals surface area contributed by atoms with E-state index in [0.717, 1.165) is 10.5 Å². The summed E-state index contributed by atoms with van der Waals surface area (Å²) < 4.78 is 27.0. The van der Waals surface area contributed by atoms with E-state index in [1.165, 1.54) is 22.9 Å². The lowest BCUT2D eigenvalue weighted by atomic mass is 10.0. The summed E-state index contributed by atoms with van der Waals surface area (Å²) in [4.78, 5) is 25.4. The highest BCUT2D eigenvalue weighted by Crippen LogP contribution is 2.25. The maximum atomic E-state index is 12.8. The van der Waals surface area contributed by atoms with Gasteiger partial charge in [-0.15, -0.1) is 0 Å². The summed E-state index contributed by atoms with van der Waals surface area (Å²) in [5.74, 6) is -0.455. The summed E-state index contributed by atoms with van der Waals surface area (Å²) in [5.41, 5.74) is 0.943. The Hall–Kier alpha value is -2.50. The third kappa shape index (κ3) is 3.16. The SMILES string of the molecule is O=C(c1ccc(=O)n(Cc2ccccc2)c1)N1CCC1C(F)F. The number of rotatable bonds is 4. The lowest BCUT2D eigenvalue weighted by Gasteiger charge is -2.40. The molecule has 0 saturated carbocycles. The van der Waals surface area contributed by atoms with Gasteiger partial charge < -0.3 is 9.47 Å².